The lowest BCUT2D eigenvalue weighted by molar-refractivity contribution is -0.231. The topological polar surface area (TPSA) is 132 Å². The lowest BCUT2D eigenvalue weighted by atomic mass is 9.92. The van der Waals surface area contributed by atoms with Gasteiger partial charge in [-0.15, -0.1) is 0 Å². The van der Waals surface area contributed by atoms with Crippen molar-refractivity contribution in [1.82, 2.24) is 24.7 Å². The molecule has 198 valence electrons. The van der Waals surface area contributed by atoms with Gasteiger partial charge in [-0.1, -0.05) is 6.92 Å². The molecule has 0 aliphatic carbocycles. The van der Waals surface area contributed by atoms with Gasteiger partial charge in [0, 0.05) is 36.8 Å². The third-order valence-electron chi connectivity index (χ3n) is 6.18. The van der Waals surface area contributed by atoms with Gasteiger partial charge < -0.3 is 24.1 Å². The van der Waals surface area contributed by atoms with Gasteiger partial charge in [0.2, 0.25) is 22.3 Å². The Labute approximate surface area is 214 Å². The number of morpholine rings is 1. The number of anilines is 1. The fourth-order valence-corrected chi connectivity index (χ4v) is 4.73. The molecule has 5 rings (SSSR count). The van der Waals surface area contributed by atoms with Gasteiger partial charge in [0.15, 0.2) is 5.82 Å². The van der Waals surface area contributed by atoms with E-state index in [0.717, 1.165) is 6.26 Å². The number of aromatic nitrogens is 4. The molecule has 37 heavy (non-hydrogen) atoms. The maximum atomic E-state index is 13.6. The molecular weight excluding hydrogens is 503 g/mol. The number of sulfonamides is 1. The van der Waals surface area contributed by atoms with Crippen molar-refractivity contribution in [1.29, 1.82) is 0 Å². The first-order valence-corrected chi connectivity index (χ1v) is 13.8. The molecule has 0 amide bonds. The summed E-state index contributed by atoms with van der Waals surface area (Å²) in [4.78, 5) is 19.3. The Morgan fingerprint density at radius 3 is 2.51 bits per heavy atom. The largest absolute Gasteiger partial charge is 0.378 e. The van der Waals surface area contributed by atoms with Gasteiger partial charge in [-0.25, -0.2) is 32.5 Å². The van der Waals surface area contributed by atoms with E-state index in [-0.39, 0.29) is 25.6 Å². The second kappa shape index (κ2) is 10.4. The third kappa shape index (κ3) is 6.13. The molecule has 2 N–H and O–H groups in total. The molecule has 0 unspecified atom stereocenters. The van der Waals surface area contributed by atoms with Gasteiger partial charge >= 0.3 is 0 Å². The molecule has 2 aliphatic rings. The van der Waals surface area contributed by atoms with Crippen LogP contribution in [-0.2, 0) is 24.2 Å². The number of halogens is 1. The predicted molar refractivity (Wildman–Crippen MR) is 134 cm³/mol. The molecular formula is C24H29FN6O5S. The fourth-order valence-electron chi connectivity index (χ4n) is 4.12. The fraction of sp³-hybridized carbons (Fsp3) is 0.458. The molecule has 0 saturated carbocycles. The molecule has 2 saturated heterocycles. The highest BCUT2D eigenvalue weighted by molar-refractivity contribution is 7.88. The summed E-state index contributed by atoms with van der Waals surface area (Å²) in [5.74, 6) is 0.666. The highest BCUT2D eigenvalue weighted by atomic mass is 32.2. The second-order valence-electron chi connectivity index (χ2n) is 9.55. The SMILES string of the molecule is CC1(CNS(C)(=O)=O)COC(c2nc(-c3ccc(F)cc3)c(-c3ccnc(N4CCOCC4)n3)[nH]2)OC1. The zero-order chi connectivity index (χ0) is 26.0. The Balaban J connectivity index is 1.43. The van der Waals surface area contributed by atoms with Crippen LogP contribution in [0.1, 0.15) is 19.0 Å². The number of rotatable bonds is 7. The number of benzene rings is 1. The predicted octanol–water partition coefficient (Wildman–Crippen LogP) is 2.11. The lowest BCUT2D eigenvalue weighted by Gasteiger charge is -2.36. The number of aromatic amines is 1. The number of nitrogens with one attached hydrogen (secondary N) is 2. The van der Waals surface area contributed by atoms with Crippen LogP contribution in [0.3, 0.4) is 0 Å². The Hall–Kier alpha value is -2.97. The number of imidazole rings is 1. The van der Waals surface area contributed by atoms with Crippen molar-refractivity contribution in [3.05, 3.63) is 48.2 Å². The Kier molecular flexibility index (Phi) is 7.23. The summed E-state index contributed by atoms with van der Waals surface area (Å²) >= 11 is 0. The molecule has 0 spiro atoms. The van der Waals surface area contributed by atoms with Crippen molar-refractivity contribution in [2.24, 2.45) is 5.41 Å². The molecule has 3 aromatic rings. The highest BCUT2D eigenvalue weighted by Gasteiger charge is 2.36. The van der Waals surface area contributed by atoms with Crippen molar-refractivity contribution in [3.63, 3.8) is 0 Å². The van der Waals surface area contributed by atoms with E-state index >= 15 is 0 Å². The normalized spacial score (nSPS) is 22.8. The van der Waals surface area contributed by atoms with E-state index in [1.54, 1.807) is 24.4 Å². The average Bonchev–Trinajstić information content (AvgIpc) is 3.34. The number of nitrogens with zero attached hydrogens (tertiary/aromatic N) is 4. The van der Waals surface area contributed by atoms with E-state index in [9.17, 15) is 12.8 Å². The van der Waals surface area contributed by atoms with Crippen LogP contribution in [0, 0.1) is 11.2 Å². The van der Waals surface area contributed by atoms with Crippen molar-refractivity contribution >= 4 is 16.0 Å². The van der Waals surface area contributed by atoms with E-state index in [1.165, 1.54) is 12.1 Å². The van der Waals surface area contributed by atoms with Gasteiger partial charge in [0.1, 0.15) is 5.82 Å². The minimum Gasteiger partial charge on any atom is -0.378 e. The average molecular weight is 533 g/mol. The van der Waals surface area contributed by atoms with E-state index < -0.39 is 21.7 Å². The molecule has 0 bridgehead atoms. The summed E-state index contributed by atoms with van der Waals surface area (Å²) in [6, 6.07) is 7.84. The zero-order valence-electron chi connectivity index (χ0n) is 20.6. The quantitative estimate of drug-likeness (QED) is 0.470. The van der Waals surface area contributed by atoms with Crippen LogP contribution in [0.2, 0.25) is 0 Å². The second-order valence-corrected chi connectivity index (χ2v) is 11.4. The van der Waals surface area contributed by atoms with Crippen LogP contribution >= 0.6 is 0 Å². The molecule has 4 heterocycles. The van der Waals surface area contributed by atoms with Crippen molar-refractivity contribution in [3.8, 4) is 22.6 Å². The molecule has 11 nitrogen and oxygen atoms in total. The van der Waals surface area contributed by atoms with E-state index in [0.29, 0.717) is 60.7 Å². The Morgan fingerprint density at radius 2 is 1.84 bits per heavy atom. The molecule has 0 radical (unpaired) electrons. The van der Waals surface area contributed by atoms with Gasteiger partial charge in [-0.05, 0) is 30.3 Å². The molecule has 13 heteroatoms. The molecule has 2 aromatic heterocycles. The summed E-state index contributed by atoms with van der Waals surface area (Å²) in [5, 5.41) is 0. The lowest BCUT2D eigenvalue weighted by Crippen LogP contribution is -2.45. The van der Waals surface area contributed by atoms with Crippen LogP contribution in [0.25, 0.3) is 22.6 Å². The first-order chi connectivity index (χ1) is 17.7. The standard InChI is InChI=1S/C24H29FN6O5S/c1-24(13-27-37(2,32)33)14-35-22(36-15-24)21-29-19(16-3-5-17(25)6-4-16)20(30-21)18-7-8-26-23(28-18)31-9-11-34-12-10-31/h3-8,22,27H,9-15H2,1-2H3,(H,29,30). The van der Waals surface area contributed by atoms with Gasteiger partial charge in [-0.2, -0.15) is 0 Å². The monoisotopic (exact) mass is 532 g/mol. The van der Waals surface area contributed by atoms with Gasteiger partial charge in [0.25, 0.3) is 0 Å². The summed E-state index contributed by atoms with van der Waals surface area (Å²) in [6.45, 7) is 5.20. The molecule has 2 fully saturated rings. The number of ether oxygens (including phenoxy) is 3. The van der Waals surface area contributed by atoms with Crippen molar-refractivity contribution in [2.75, 3.05) is 57.2 Å². The van der Waals surface area contributed by atoms with Crippen LogP contribution in [0.4, 0.5) is 10.3 Å². The summed E-state index contributed by atoms with van der Waals surface area (Å²) < 4.78 is 56.5. The third-order valence-corrected chi connectivity index (χ3v) is 6.85. The van der Waals surface area contributed by atoms with Gasteiger partial charge in [0.05, 0.1) is 49.8 Å². The minimum absolute atomic E-state index is 0.189. The van der Waals surface area contributed by atoms with Gasteiger partial charge in [-0.3, -0.25) is 0 Å². The van der Waals surface area contributed by atoms with Crippen LogP contribution in [0.15, 0.2) is 36.5 Å². The molecule has 0 atom stereocenters. The van der Waals surface area contributed by atoms with E-state index in [2.05, 4.69) is 19.6 Å². The number of H-pyrrole nitrogens is 1. The summed E-state index contributed by atoms with van der Waals surface area (Å²) in [5.41, 5.74) is 1.98. The van der Waals surface area contributed by atoms with Crippen molar-refractivity contribution < 1.29 is 27.0 Å². The maximum absolute atomic E-state index is 13.6. The van der Waals surface area contributed by atoms with E-state index in [1.807, 2.05) is 6.92 Å². The Morgan fingerprint density at radius 1 is 1.14 bits per heavy atom. The number of hydrogen-bond donors (Lipinski definition) is 2. The Bertz CT molecular complexity index is 1340. The van der Waals surface area contributed by atoms with Crippen LogP contribution in [0.5, 0.6) is 0 Å². The maximum Gasteiger partial charge on any atom is 0.226 e. The molecule has 2 aliphatic heterocycles. The van der Waals surface area contributed by atoms with E-state index in [4.69, 9.17) is 24.2 Å². The highest BCUT2D eigenvalue weighted by Crippen LogP contribution is 2.35. The number of hydrogen-bond acceptors (Lipinski definition) is 9. The first kappa shape index (κ1) is 25.7. The molecule has 1 aromatic carbocycles. The van der Waals surface area contributed by atoms with Crippen LogP contribution in [-0.4, -0.2) is 80.7 Å². The zero-order valence-corrected chi connectivity index (χ0v) is 21.4. The van der Waals surface area contributed by atoms with Crippen molar-refractivity contribution in [2.45, 2.75) is 13.2 Å². The smallest absolute Gasteiger partial charge is 0.226 e. The summed E-state index contributed by atoms with van der Waals surface area (Å²) in [6.07, 6.45) is 2.01. The minimum atomic E-state index is -3.33. The summed E-state index contributed by atoms with van der Waals surface area (Å²) in [7, 11) is -3.33. The first-order valence-electron chi connectivity index (χ1n) is 11.9. The van der Waals surface area contributed by atoms with Crippen LogP contribution < -0.4 is 9.62 Å².